The lowest BCUT2D eigenvalue weighted by molar-refractivity contribution is 0.628. The van der Waals surface area contributed by atoms with Gasteiger partial charge >= 0.3 is 0 Å². The number of rotatable bonds is 2. The molecule has 0 saturated heterocycles. The Kier molecular flexibility index (Phi) is 3.37. The summed E-state index contributed by atoms with van der Waals surface area (Å²) in [5.74, 6) is 0.923. The number of benzene rings is 1. The SMILES string of the molecule is NC1=NN=C(N/N=C/c2ccc(F)cc2)n2ncnc2C1. The van der Waals surface area contributed by atoms with E-state index in [2.05, 4.69) is 30.8 Å². The van der Waals surface area contributed by atoms with Crippen molar-refractivity contribution in [3.63, 3.8) is 0 Å². The van der Waals surface area contributed by atoms with Crippen molar-refractivity contribution in [2.45, 2.75) is 6.42 Å². The molecule has 0 spiro atoms. The van der Waals surface area contributed by atoms with Crippen LogP contribution in [0.15, 0.2) is 45.9 Å². The molecule has 0 radical (unpaired) electrons. The van der Waals surface area contributed by atoms with Gasteiger partial charge in [0.05, 0.1) is 12.6 Å². The second-order valence-corrected chi connectivity index (χ2v) is 4.20. The normalized spacial score (nSPS) is 14.3. The molecule has 3 rings (SSSR count). The predicted octanol–water partition coefficient (Wildman–Crippen LogP) is 0.0733. The van der Waals surface area contributed by atoms with E-state index < -0.39 is 0 Å². The van der Waals surface area contributed by atoms with E-state index in [1.165, 1.54) is 29.4 Å². The first-order valence-electron chi connectivity index (χ1n) is 6.06. The molecule has 9 heteroatoms. The molecule has 21 heavy (non-hydrogen) atoms. The van der Waals surface area contributed by atoms with Gasteiger partial charge in [0, 0.05) is 0 Å². The number of nitrogens with two attached hydrogens (primary N) is 1. The van der Waals surface area contributed by atoms with Gasteiger partial charge in [-0.15, -0.1) is 10.2 Å². The fourth-order valence-corrected chi connectivity index (χ4v) is 1.70. The van der Waals surface area contributed by atoms with Crippen molar-refractivity contribution in [2.24, 2.45) is 21.0 Å². The zero-order valence-electron chi connectivity index (χ0n) is 10.8. The van der Waals surface area contributed by atoms with Crippen molar-refractivity contribution in [1.29, 1.82) is 0 Å². The quantitative estimate of drug-likeness (QED) is 0.602. The van der Waals surface area contributed by atoms with Crippen LogP contribution in [0.1, 0.15) is 11.4 Å². The first kappa shape index (κ1) is 12.9. The minimum atomic E-state index is -0.301. The fourth-order valence-electron chi connectivity index (χ4n) is 1.70. The molecule has 1 aromatic heterocycles. The van der Waals surface area contributed by atoms with E-state index in [4.69, 9.17) is 5.73 Å². The van der Waals surface area contributed by atoms with Crippen LogP contribution in [0.5, 0.6) is 0 Å². The zero-order chi connectivity index (χ0) is 14.7. The highest BCUT2D eigenvalue weighted by Gasteiger charge is 2.14. The first-order chi connectivity index (χ1) is 10.2. The minimum absolute atomic E-state index is 0.279. The molecule has 1 aliphatic rings. The van der Waals surface area contributed by atoms with Gasteiger partial charge in [0.1, 0.15) is 23.8 Å². The first-order valence-corrected chi connectivity index (χ1v) is 6.06. The highest BCUT2D eigenvalue weighted by Crippen LogP contribution is 2.01. The van der Waals surface area contributed by atoms with Gasteiger partial charge < -0.3 is 5.73 Å². The smallest absolute Gasteiger partial charge is 0.266 e. The molecular weight excluding hydrogens is 275 g/mol. The van der Waals surface area contributed by atoms with Gasteiger partial charge in [-0.25, -0.2) is 14.8 Å². The standard InChI is InChI=1S/C12H11FN8/c13-9-3-1-8(2-4-9)6-16-19-12-20-18-10(14)5-11-15-7-17-21(11)12/h1-4,6-7H,5H2,(H2,14,18)(H,19,20)/b16-6+. The van der Waals surface area contributed by atoms with E-state index in [1.54, 1.807) is 12.1 Å². The highest BCUT2D eigenvalue weighted by molar-refractivity contribution is 5.89. The second kappa shape index (κ2) is 5.49. The topological polar surface area (TPSA) is 106 Å². The maximum Gasteiger partial charge on any atom is 0.266 e. The molecule has 1 aromatic carbocycles. The molecule has 8 nitrogen and oxygen atoms in total. The summed E-state index contributed by atoms with van der Waals surface area (Å²) in [7, 11) is 0. The Hall–Kier alpha value is -3.10. The molecule has 2 aromatic rings. The van der Waals surface area contributed by atoms with E-state index >= 15 is 0 Å². The van der Waals surface area contributed by atoms with Crippen LogP contribution < -0.4 is 11.2 Å². The van der Waals surface area contributed by atoms with Crippen molar-refractivity contribution < 1.29 is 4.39 Å². The summed E-state index contributed by atoms with van der Waals surface area (Å²) in [5.41, 5.74) is 9.11. The Morgan fingerprint density at radius 2 is 2.10 bits per heavy atom. The number of fused-ring (bicyclic) bond motifs is 1. The third-order valence-corrected chi connectivity index (χ3v) is 2.68. The maximum atomic E-state index is 12.8. The van der Waals surface area contributed by atoms with E-state index in [-0.39, 0.29) is 11.8 Å². The van der Waals surface area contributed by atoms with Gasteiger partial charge in [-0.3, -0.25) is 0 Å². The van der Waals surface area contributed by atoms with Crippen molar-refractivity contribution in [1.82, 2.24) is 20.2 Å². The number of hydrazone groups is 1. The molecule has 0 aliphatic carbocycles. The van der Waals surface area contributed by atoms with Crippen LogP contribution in [-0.4, -0.2) is 32.8 Å². The minimum Gasteiger partial charge on any atom is -0.385 e. The number of hydrogen-bond acceptors (Lipinski definition) is 7. The van der Waals surface area contributed by atoms with Crippen molar-refractivity contribution in [3.05, 3.63) is 47.8 Å². The van der Waals surface area contributed by atoms with Gasteiger partial charge in [0.2, 0.25) is 0 Å². The Bertz CT molecular complexity index is 728. The second-order valence-electron chi connectivity index (χ2n) is 4.20. The van der Waals surface area contributed by atoms with E-state index in [0.29, 0.717) is 18.1 Å². The summed E-state index contributed by atoms with van der Waals surface area (Å²) in [6.07, 6.45) is 3.28. The third-order valence-electron chi connectivity index (χ3n) is 2.68. The summed E-state index contributed by atoms with van der Waals surface area (Å²) in [6, 6.07) is 5.91. The fraction of sp³-hybridized carbons (Fsp3) is 0.0833. The van der Waals surface area contributed by atoms with Gasteiger partial charge in [-0.2, -0.15) is 14.9 Å². The number of amidine groups is 1. The predicted molar refractivity (Wildman–Crippen MR) is 75.3 cm³/mol. The highest BCUT2D eigenvalue weighted by atomic mass is 19.1. The summed E-state index contributed by atoms with van der Waals surface area (Å²) in [5, 5.41) is 15.8. The van der Waals surface area contributed by atoms with Gasteiger partial charge in [0.25, 0.3) is 5.96 Å². The molecule has 0 atom stereocenters. The van der Waals surface area contributed by atoms with Crippen LogP contribution in [-0.2, 0) is 6.42 Å². The number of aromatic nitrogens is 3. The molecule has 2 heterocycles. The van der Waals surface area contributed by atoms with Crippen molar-refractivity contribution in [3.8, 4) is 0 Å². The molecule has 106 valence electrons. The van der Waals surface area contributed by atoms with Crippen LogP contribution in [0.2, 0.25) is 0 Å². The average Bonchev–Trinajstić information content (AvgIpc) is 2.87. The number of nitrogens with zero attached hydrogens (tertiary/aromatic N) is 6. The lowest BCUT2D eigenvalue weighted by Crippen LogP contribution is -2.28. The van der Waals surface area contributed by atoms with Crippen molar-refractivity contribution >= 4 is 18.0 Å². The Balaban J connectivity index is 1.77. The van der Waals surface area contributed by atoms with E-state index in [1.807, 2.05) is 0 Å². The summed E-state index contributed by atoms with van der Waals surface area (Å²) in [6.45, 7) is 0. The summed E-state index contributed by atoms with van der Waals surface area (Å²) >= 11 is 0. The van der Waals surface area contributed by atoms with E-state index in [0.717, 1.165) is 5.56 Å². The monoisotopic (exact) mass is 286 g/mol. The third kappa shape index (κ3) is 2.91. The van der Waals surface area contributed by atoms with Gasteiger partial charge in [0.15, 0.2) is 0 Å². The lowest BCUT2D eigenvalue weighted by Gasteiger charge is -2.03. The Morgan fingerprint density at radius 1 is 1.29 bits per heavy atom. The zero-order valence-corrected chi connectivity index (χ0v) is 10.8. The molecule has 3 N–H and O–H groups in total. The molecule has 1 aliphatic heterocycles. The summed E-state index contributed by atoms with van der Waals surface area (Å²) in [4.78, 5) is 4.07. The molecule has 0 saturated carbocycles. The molecule has 0 amide bonds. The average molecular weight is 286 g/mol. The summed E-state index contributed by atoms with van der Waals surface area (Å²) < 4.78 is 14.3. The number of halogens is 1. The molecule has 0 unspecified atom stereocenters. The van der Waals surface area contributed by atoms with E-state index in [9.17, 15) is 4.39 Å². The lowest BCUT2D eigenvalue weighted by atomic mass is 10.2. The maximum absolute atomic E-state index is 12.8. The Labute approximate surface area is 118 Å². The van der Waals surface area contributed by atoms with Crippen LogP contribution >= 0.6 is 0 Å². The van der Waals surface area contributed by atoms with Gasteiger partial charge in [-0.1, -0.05) is 12.1 Å². The number of nitrogens with one attached hydrogen (secondary N) is 1. The molecule has 0 bridgehead atoms. The van der Waals surface area contributed by atoms with Crippen molar-refractivity contribution in [2.75, 3.05) is 0 Å². The largest absolute Gasteiger partial charge is 0.385 e. The van der Waals surface area contributed by atoms with Crippen LogP contribution in [0.25, 0.3) is 0 Å². The number of hydrogen-bond donors (Lipinski definition) is 2. The molecular formula is C12H11FN8. The van der Waals surface area contributed by atoms with Gasteiger partial charge in [-0.05, 0) is 17.7 Å². The van der Waals surface area contributed by atoms with Crippen LogP contribution in [0, 0.1) is 5.82 Å². The van der Waals surface area contributed by atoms with Crippen LogP contribution in [0.3, 0.4) is 0 Å². The molecule has 0 fully saturated rings. The Morgan fingerprint density at radius 3 is 2.90 bits per heavy atom. The van der Waals surface area contributed by atoms with Crippen LogP contribution in [0.4, 0.5) is 4.39 Å².